The first-order valence-electron chi connectivity index (χ1n) is 0.724. The average Bonchev–Trinajstić information content (AvgIpc) is 1.41. The van der Waals surface area contributed by atoms with Crippen molar-refractivity contribution in [2.24, 2.45) is 0 Å². The van der Waals surface area contributed by atoms with E-state index >= 15 is 0 Å². The van der Waals surface area contributed by atoms with E-state index in [1.54, 1.807) is 0 Å². The third-order valence-electron chi connectivity index (χ3n) is 0. The van der Waals surface area contributed by atoms with Gasteiger partial charge < -0.3 is 27.1 Å². The van der Waals surface area contributed by atoms with Gasteiger partial charge in [0, 0.05) is 0 Å². The zero-order valence-electron chi connectivity index (χ0n) is 3.88. The van der Waals surface area contributed by atoms with E-state index in [1.165, 1.54) is 0 Å². The fraction of sp³-hybridized carbons (Fsp3) is 0. The van der Waals surface area contributed by atoms with Crippen molar-refractivity contribution < 1.29 is 35.7 Å². The standard InChI is InChI=1S/CN.Au.H3N.H2O3S/c1-2;;;1-4(2)3/h;;1H3;(H2,1,2,3)/q-1;+1;;/p-1. The summed E-state index contributed by atoms with van der Waals surface area (Å²) in [6.45, 7) is 4.75. The van der Waals surface area contributed by atoms with E-state index in [-0.39, 0.29) is 28.5 Å². The normalized spacial score (nSPS) is 4.62. The Hall–Kier alpha value is 0.260. The summed E-state index contributed by atoms with van der Waals surface area (Å²) in [5, 5.41) is 6.25. The molecular weight excluding hydrogens is 317 g/mol. The zero-order chi connectivity index (χ0) is 5.58. The Morgan fingerprint density at radius 3 is 1.38 bits per heavy atom. The molecule has 0 aliphatic carbocycles. The molecule has 7 heteroatoms. The summed E-state index contributed by atoms with van der Waals surface area (Å²) < 4.78 is 25.3. The number of quaternary nitrogens is 1. The molecule has 54 valence electrons. The SMILES string of the molecule is O=S([O-])[O-].[Au+].[C-]#N.[NH4+]. The number of hydrogen-bond donors (Lipinski definition) is 1. The molecule has 0 saturated carbocycles. The quantitative estimate of drug-likeness (QED) is 0.366. The molecule has 0 aromatic carbocycles. The number of rotatable bonds is 0. The van der Waals surface area contributed by atoms with Crippen molar-refractivity contribution in [2.45, 2.75) is 0 Å². The molecule has 0 heterocycles. The van der Waals surface area contributed by atoms with Crippen LogP contribution in [0.2, 0.25) is 0 Å². The van der Waals surface area contributed by atoms with E-state index in [2.05, 4.69) is 0 Å². The maximum absolute atomic E-state index is 8.44. The Morgan fingerprint density at radius 1 is 1.38 bits per heavy atom. The van der Waals surface area contributed by atoms with Crippen LogP contribution in [-0.2, 0) is 33.7 Å². The fourth-order valence-electron chi connectivity index (χ4n) is 0. The summed E-state index contributed by atoms with van der Waals surface area (Å²) in [6.07, 6.45) is 0. The first-order chi connectivity index (χ1) is 2.73. The van der Waals surface area contributed by atoms with Crippen LogP contribution in [0.15, 0.2) is 0 Å². The van der Waals surface area contributed by atoms with Gasteiger partial charge in [0.15, 0.2) is 0 Å². The molecule has 0 aliphatic rings. The van der Waals surface area contributed by atoms with Gasteiger partial charge in [-0.05, 0) is 0 Å². The largest absolute Gasteiger partial charge is 1.00 e. The van der Waals surface area contributed by atoms with Crippen LogP contribution >= 0.6 is 0 Å². The molecule has 0 amide bonds. The van der Waals surface area contributed by atoms with Gasteiger partial charge in [-0.2, -0.15) is 0 Å². The van der Waals surface area contributed by atoms with E-state index < -0.39 is 11.4 Å². The second kappa shape index (κ2) is 26.8. The summed E-state index contributed by atoms with van der Waals surface area (Å²) in [5.41, 5.74) is 0. The molecular formula is CH4AuN2O3S-. The maximum atomic E-state index is 8.44. The molecule has 0 aliphatic heterocycles. The van der Waals surface area contributed by atoms with Crippen LogP contribution in [0.1, 0.15) is 0 Å². The Bertz CT molecular complexity index is 61.5. The first-order valence-corrected chi connectivity index (χ1v) is 1.72. The minimum Gasteiger partial charge on any atom is -0.784 e. The van der Waals surface area contributed by atoms with Crippen molar-refractivity contribution in [1.29, 1.82) is 5.26 Å². The molecule has 0 radical (unpaired) electrons. The first kappa shape index (κ1) is 24.0. The zero-order valence-corrected chi connectivity index (χ0v) is 6.86. The Labute approximate surface area is 65.3 Å². The van der Waals surface area contributed by atoms with Gasteiger partial charge >= 0.3 is 22.4 Å². The van der Waals surface area contributed by atoms with Crippen molar-refractivity contribution in [2.75, 3.05) is 0 Å². The van der Waals surface area contributed by atoms with E-state index in [1.807, 2.05) is 0 Å². The van der Waals surface area contributed by atoms with Crippen molar-refractivity contribution in [3.8, 4) is 0 Å². The number of nitrogens with zero attached hydrogens (tertiary/aromatic N) is 1. The summed E-state index contributed by atoms with van der Waals surface area (Å²) in [6, 6.07) is 0. The second-order valence-electron chi connectivity index (χ2n) is 0.204. The molecule has 0 bridgehead atoms. The van der Waals surface area contributed by atoms with Crippen LogP contribution in [0.25, 0.3) is 0 Å². The summed E-state index contributed by atoms with van der Waals surface area (Å²) in [4.78, 5) is 0. The van der Waals surface area contributed by atoms with Gasteiger partial charge in [-0.25, -0.2) is 0 Å². The van der Waals surface area contributed by atoms with Crippen LogP contribution in [0, 0.1) is 11.8 Å². The van der Waals surface area contributed by atoms with Crippen molar-refractivity contribution >= 4 is 11.4 Å². The van der Waals surface area contributed by atoms with E-state index in [9.17, 15) is 0 Å². The molecule has 0 spiro atoms. The Balaban J connectivity index is -0.0000000183. The number of hydrogen-bond acceptors (Lipinski definition) is 4. The van der Waals surface area contributed by atoms with Crippen molar-refractivity contribution in [1.82, 2.24) is 6.15 Å². The Kier molecular flexibility index (Phi) is 80.3. The van der Waals surface area contributed by atoms with Gasteiger partial charge in [0.2, 0.25) is 0 Å². The molecule has 0 unspecified atom stereocenters. The van der Waals surface area contributed by atoms with E-state index in [0.29, 0.717) is 0 Å². The van der Waals surface area contributed by atoms with Crippen molar-refractivity contribution in [3.05, 3.63) is 6.57 Å². The molecule has 5 nitrogen and oxygen atoms in total. The van der Waals surface area contributed by atoms with Crippen LogP contribution in [-0.4, -0.2) is 13.3 Å². The van der Waals surface area contributed by atoms with Gasteiger partial charge in [-0.1, -0.05) is 0 Å². The second-order valence-corrected chi connectivity index (χ2v) is 0.612. The van der Waals surface area contributed by atoms with Gasteiger partial charge in [0.1, 0.15) is 0 Å². The molecule has 0 atom stereocenters. The van der Waals surface area contributed by atoms with Crippen LogP contribution < -0.4 is 6.15 Å². The Morgan fingerprint density at radius 2 is 1.38 bits per heavy atom. The van der Waals surface area contributed by atoms with Gasteiger partial charge in [0.05, 0.1) is 0 Å². The molecule has 8 heavy (non-hydrogen) atoms. The predicted octanol–water partition coefficient (Wildman–Crippen LogP) is -0.534. The monoisotopic (exact) mass is 321 g/mol. The minimum atomic E-state index is -3.11. The molecule has 0 aromatic heterocycles. The van der Waals surface area contributed by atoms with Crippen LogP contribution in [0.4, 0.5) is 0 Å². The van der Waals surface area contributed by atoms with Gasteiger partial charge in [0.25, 0.3) is 0 Å². The summed E-state index contributed by atoms with van der Waals surface area (Å²) in [5.74, 6) is 0. The summed E-state index contributed by atoms with van der Waals surface area (Å²) in [7, 11) is 0. The fourth-order valence-corrected chi connectivity index (χ4v) is 0. The molecule has 0 saturated heterocycles. The van der Waals surface area contributed by atoms with Crippen LogP contribution in [0.3, 0.4) is 0 Å². The van der Waals surface area contributed by atoms with E-state index in [0.717, 1.165) is 0 Å². The molecule has 4 N–H and O–H groups in total. The molecule has 0 rings (SSSR count). The third-order valence-corrected chi connectivity index (χ3v) is 0. The van der Waals surface area contributed by atoms with Crippen molar-refractivity contribution in [3.63, 3.8) is 0 Å². The third kappa shape index (κ3) is 2560. The average molecular weight is 321 g/mol. The maximum Gasteiger partial charge on any atom is 1.00 e. The molecule has 0 aromatic rings. The molecule has 0 fully saturated rings. The van der Waals surface area contributed by atoms with E-state index in [4.69, 9.17) is 25.1 Å². The minimum absolute atomic E-state index is 0. The topological polar surface area (TPSA) is 123 Å². The van der Waals surface area contributed by atoms with Gasteiger partial charge in [-0.15, -0.1) is 11.4 Å². The summed E-state index contributed by atoms with van der Waals surface area (Å²) >= 11 is -3.11. The smallest absolute Gasteiger partial charge is 0.784 e. The predicted molar refractivity (Wildman–Crippen MR) is 20.7 cm³/mol. The van der Waals surface area contributed by atoms with Crippen LogP contribution in [0.5, 0.6) is 0 Å². The van der Waals surface area contributed by atoms with Gasteiger partial charge in [-0.3, -0.25) is 4.21 Å².